The second-order valence-corrected chi connectivity index (χ2v) is 14.7. The molecule has 0 unspecified atom stereocenters. The van der Waals surface area contributed by atoms with E-state index in [1.807, 2.05) is 23.5 Å². The summed E-state index contributed by atoms with van der Waals surface area (Å²) in [6.07, 6.45) is 0. The van der Waals surface area contributed by atoms with Crippen LogP contribution in [-0.2, 0) is 0 Å². The fraction of sp³-hybridized carbons (Fsp3) is 0. The molecule has 248 valence electrons. The van der Waals surface area contributed by atoms with Crippen LogP contribution in [0.2, 0.25) is 0 Å². The molecule has 3 heteroatoms. The van der Waals surface area contributed by atoms with Crippen molar-refractivity contribution in [3.05, 3.63) is 188 Å². The normalized spacial score (nSPS) is 11.8. The minimum atomic E-state index is 0.888. The Balaban J connectivity index is 1.17. The van der Waals surface area contributed by atoms with Gasteiger partial charge in [0.2, 0.25) is 0 Å². The first kappa shape index (κ1) is 30.0. The van der Waals surface area contributed by atoms with Crippen LogP contribution in [0.5, 0.6) is 0 Å². The molecule has 0 saturated carbocycles. The van der Waals surface area contributed by atoms with Crippen LogP contribution >= 0.6 is 11.3 Å². The number of para-hydroxylation sites is 1. The van der Waals surface area contributed by atoms with Crippen molar-refractivity contribution in [1.29, 1.82) is 0 Å². The number of fused-ring (bicyclic) bond motifs is 9. The zero-order chi connectivity index (χ0) is 34.9. The van der Waals surface area contributed by atoms with Crippen LogP contribution in [-0.4, -0.2) is 0 Å². The molecule has 53 heavy (non-hydrogen) atoms. The molecular weight excluding hydrogens is 663 g/mol. The fourth-order valence-electron chi connectivity index (χ4n) is 8.26. The Hall–Kier alpha value is -6.68. The largest absolute Gasteiger partial charge is 0.456 e. The predicted molar refractivity (Wildman–Crippen MR) is 227 cm³/mol. The molecule has 0 aliphatic heterocycles. The first-order chi connectivity index (χ1) is 26.3. The van der Waals surface area contributed by atoms with Gasteiger partial charge in [0, 0.05) is 37.6 Å². The smallest absolute Gasteiger partial charge is 0.135 e. The molecule has 0 fully saturated rings. The molecule has 0 amide bonds. The van der Waals surface area contributed by atoms with Crippen LogP contribution in [0, 0.1) is 0 Å². The topological polar surface area (TPSA) is 16.4 Å². The summed E-state index contributed by atoms with van der Waals surface area (Å²) in [4.78, 5) is 2.44. The minimum Gasteiger partial charge on any atom is -0.456 e. The summed E-state index contributed by atoms with van der Waals surface area (Å²) in [6, 6.07) is 68.0. The van der Waals surface area contributed by atoms with E-state index in [4.69, 9.17) is 4.42 Å². The van der Waals surface area contributed by atoms with Gasteiger partial charge in [-0.2, -0.15) is 0 Å². The maximum atomic E-state index is 6.30. The molecule has 0 saturated heterocycles. The van der Waals surface area contributed by atoms with E-state index in [1.54, 1.807) is 0 Å². The molecule has 11 aromatic rings. The quantitative estimate of drug-likeness (QED) is 0.178. The lowest BCUT2D eigenvalue weighted by Gasteiger charge is -2.27. The molecule has 0 atom stereocenters. The van der Waals surface area contributed by atoms with E-state index in [0.717, 1.165) is 39.0 Å². The number of thiophene rings is 1. The van der Waals surface area contributed by atoms with E-state index in [-0.39, 0.29) is 0 Å². The first-order valence-electron chi connectivity index (χ1n) is 18.0. The zero-order valence-electron chi connectivity index (χ0n) is 28.7. The average Bonchev–Trinajstić information content (AvgIpc) is 3.80. The number of rotatable bonds is 5. The van der Waals surface area contributed by atoms with Crippen molar-refractivity contribution in [1.82, 2.24) is 0 Å². The molecule has 0 N–H and O–H groups in total. The Labute approximate surface area is 310 Å². The second kappa shape index (κ2) is 11.9. The van der Waals surface area contributed by atoms with Gasteiger partial charge in [0.1, 0.15) is 11.2 Å². The molecule has 0 bridgehead atoms. The van der Waals surface area contributed by atoms with Crippen molar-refractivity contribution in [2.24, 2.45) is 0 Å². The van der Waals surface area contributed by atoms with Crippen LogP contribution in [0.1, 0.15) is 0 Å². The number of hydrogen-bond donors (Lipinski definition) is 0. The summed E-state index contributed by atoms with van der Waals surface area (Å²) in [7, 11) is 0. The molecular formula is C50H31NOS. The lowest BCUT2D eigenvalue weighted by Crippen LogP contribution is -2.10. The van der Waals surface area contributed by atoms with Crippen molar-refractivity contribution < 1.29 is 4.42 Å². The van der Waals surface area contributed by atoms with E-state index in [2.05, 4.69) is 181 Å². The third-order valence-corrected chi connectivity index (χ3v) is 11.8. The summed E-state index contributed by atoms with van der Waals surface area (Å²) in [5.41, 5.74) is 9.96. The van der Waals surface area contributed by atoms with Gasteiger partial charge in [-0.3, -0.25) is 0 Å². The Morgan fingerprint density at radius 3 is 1.94 bits per heavy atom. The van der Waals surface area contributed by atoms with Crippen molar-refractivity contribution >= 4 is 92.1 Å². The number of furan rings is 1. The standard InChI is InChI=1S/C50H31NOS/c1-2-12-32(13-3-1)38-21-9-15-34-16-10-22-40(48(34)38)35-17-8-18-36(30-35)51(37-27-28-46-43(31-37)41-20-6-7-25-45(41)52-46)44-24-11-23-42-49-39-19-5-4-14-33(39)26-29-47(49)53-50(42)44/h1-31H. The highest BCUT2D eigenvalue weighted by Gasteiger charge is 2.21. The van der Waals surface area contributed by atoms with Gasteiger partial charge in [-0.1, -0.05) is 140 Å². The fourth-order valence-corrected chi connectivity index (χ4v) is 9.48. The molecule has 2 heterocycles. The maximum absolute atomic E-state index is 6.30. The molecule has 2 nitrogen and oxygen atoms in total. The van der Waals surface area contributed by atoms with Crippen LogP contribution in [0.15, 0.2) is 192 Å². The Morgan fingerprint density at radius 1 is 0.396 bits per heavy atom. The Morgan fingerprint density at radius 2 is 1.06 bits per heavy atom. The molecule has 2 aromatic heterocycles. The summed E-state index contributed by atoms with van der Waals surface area (Å²) in [6.45, 7) is 0. The van der Waals surface area contributed by atoms with E-state index in [0.29, 0.717) is 0 Å². The van der Waals surface area contributed by atoms with Crippen LogP contribution in [0.25, 0.3) is 85.9 Å². The highest BCUT2D eigenvalue weighted by molar-refractivity contribution is 7.26. The predicted octanol–water partition coefficient (Wildman–Crippen LogP) is 15.1. The van der Waals surface area contributed by atoms with Gasteiger partial charge in [-0.05, 0) is 92.3 Å². The molecule has 0 aliphatic carbocycles. The molecule has 0 spiro atoms. The highest BCUT2D eigenvalue weighted by Crippen LogP contribution is 2.48. The van der Waals surface area contributed by atoms with Crippen molar-refractivity contribution in [3.8, 4) is 22.3 Å². The summed E-state index contributed by atoms with van der Waals surface area (Å²) in [5.74, 6) is 0. The third kappa shape index (κ3) is 4.78. The lowest BCUT2D eigenvalue weighted by molar-refractivity contribution is 0.669. The van der Waals surface area contributed by atoms with Gasteiger partial charge in [0.15, 0.2) is 0 Å². The molecule has 9 aromatic carbocycles. The van der Waals surface area contributed by atoms with E-state index >= 15 is 0 Å². The Bertz CT molecular complexity index is 3180. The third-order valence-electron chi connectivity index (χ3n) is 10.6. The second-order valence-electron chi connectivity index (χ2n) is 13.7. The number of benzene rings is 9. The van der Waals surface area contributed by atoms with Crippen molar-refractivity contribution in [3.63, 3.8) is 0 Å². The average molecular weight is 694 g/mol. The van der Waals surface area contributed by atoms with Crippen molar-refractivity contribution in [2.75, 3.05) is 4.90 Å². The highest BCUT2D eigenvalue weighted by atomic mass is 32.1. The zero-order valence-corrected chi connectivity index (χ0v) is 29.5. The SMILES string of the molecule is c1ccc(-c2cccc3cccc(-c4cccc(N(c5ccc6oc7ccccc7c6c5)c5cccc6c5sc5ccc7ccccc7c56)c4)c23)cc1. The molecule has 11 rings (SSSR count). The van der Waals surface area contributed by atoms with Gasteiger partial charge < -0.3 is 9.32 Å². The first-order valence-corrected chi connectivity index (χ1v) is 18.8. The van der Waals surface area contributed by atoms with E-state index < -0.39 is 0 Å². The van der Waals surface area contributed by atoms with Gasteiger partial charge >= 0.3 is 0 Å². The van der Waals surface area contributed by atoms with Gasteiger partial charge in [0.25, 0.3) is 0 Å². The molecule has 0 aliphatic rings. The number of nitrogens with zero attached hydrogens (tertiary/aromatic N) is 1. The maximum Gasteiger partial charge on any atom is 0.135 e. The number of anilines is 3. The van der Waals surface area contributed by atoms with Crippen LogP contribution in [0.3, 0.4) is 0 Å². The van der Waals surface area contributed by atoms with Crippen LogP contribution < -0.4 is 4.90 Å². The van der Waals surface area contributed by atoms with Crippen molar-refractivity contribution in [2.45, 2.75) is 0 Å². The summed E-state index contributed by atoms with van der Waals surface area (Å²) >= 11 is 1.87. The van der Waals surface area contributed by atoms with Gasteiger partial charge in [-0.25, -0.2) is 0 Å². The van der Waals surface area contributed by atoms with E-state index in [1.165, 1.54) is 64.0 Å². The van der Waals surface area contributed by atoms with Crippen LogP contribution in [0.4, 0.5) is 17.1 Å². The van der Waals surface area contributed by atoms with E-state index in [9.17, 15) is 0 Å². The summed E-state index contributed by atoms with van der Waals surface area (Å²) < 4.78 is 8.85. The minimum absolute atomic E-state index is 0.888. The monoisotopic (exact) mass is 693 g/mol. The van der Waals surface area contributed by atoms with Gasteiger partial charge in [0.05, 0.1) is 10.4 Å². The Kier molecular flexibility index (Phi) is 6.76. The summed E-state index contributed by atoms with van der Waals surface area (Å²) in [5, 5.41) is 9.86. The van der Waals surface area contributed by atoms with Gasteiger partial charge in [-0.15, -0.1) is 11.3 Å². The lowest BCUT2D eigenvalue weighted by atomic mass is 9.91. The molecule has 0 radical (unpaired) electrons. The number of hydrogen-bond acceptors (Lipinski definition) is 3.